The van der Waals surface area contributed by atoms with Crippen LogP contribution in [0, 0.1) is 23.2 Å². The number of rotatable bonds is 13. The Hall–Kier alpha value is -2.80. The Labute approximate surface area is 279 Å². The lowest BCUT2D eigenvalue weighted by molar-refractivity contribution is -0.247. The highest BCUT2D eigenvalue weighted by molar-refractivity contribution is 7.85. The molecule has 4 saturated carbocycles. The van der Waals surface area contributed by atoms with E-state index >= 15 is 0 Å². The van der Waals surface area contributed by atoms with Gasteiger partial charge in [-0.25, -0.2) is 9.78 Å². The second kappa shape index (κ2) is 12.6. The highest BCUT2D eigenvalue weighted by Gasteiger charge is 2.66. The summed E-state index contributed by atoms with van der Waals surface area (Å²) in [5.74, 6) is -1.02. The highest BCUT2D eigenvalue weighted by atomic mass is 32.2. The average Bonchev–Trinajstić information content (AvgIpc) is 3.25. The Bertz CT molecular complexity index is 1610. The van der Waals surface area contributed by atoms with Crippen molar-refractivity contribution < 1.29 is 32.0 Å². The first-order valence-electron chi connectivity index (χ1n) is 16.7. The molecule has 0 saturated heterocycles. The fourth-order valence-corrected chi connectivity index (χ4v) is 10.1. The van der Waals surface area contributed by atoms with Crippen molar-refractivity contribution in [3.05, 3.63) is 41.5 Å². The van der Waals surface area contributed by atoms with Gasteiger partial charge in [-0.1, -0.05) is 19.9 Å². The number of ether oxygens (including phenoxy) is 2. The largest absolute Gasteiger partial charge is 0.455 e. The van der Waals surface area contributed by atoms with Crippen LogP contribution in [0.4, 0.5) is 0 Å². The van der Waals surface area contributed by atoms with Gasteiger partial charge in [-0.05, 0) is 94.6 Å². The number of pyridine rings is 1. The minimum Gasteiger partial charge on any atom is -0.455 e. The SMILES string of the molecule is CNC(=O)Cc1ccc(-c2ccn(CC34CC5(C)CC(C)(C3)CC(OCCNCCS(=O)(=O)O)(C5)C4)c2C)c(C(=O)OC(C)(C)C)n1. The molecule has 4 bridgehead atoms. The maximum Gasteiger partial charge on any atom is 0.358 e. The van der Waals surface area contributed by atoms with Crippen LogP contribution in [0.5, 0.6) is 0 Å². The fourth-order valence-electron chi connectivity index (χ4n) is 9.74. The third kappa shape index (κ3) is 8.26. The topological polar surface area (TPSA) is 149 Å². The molecule has 4 aliphatic rings. The average molecular weight is 673 g/mol. The molecule has 3 N–H and O–H groups in total. The molecule has 12 heteroatoms. The van der Waals surface area contributed by atoms with Crippen molar-refractivity contribution in [3.8, 4) is 11.1 Å². The van der Waals surface area contributed by atoms with Gasteiger partial charge in [0, 0.05) is 49.7 Å². The van der Waals surface area contributed by atoms with Crippen LogP contribution in [0.1, 0.15) is 95.0 Å². The molecule has 260 valence electrons. The predicted molar refractivity (Wildman–Crippen MR) is 180 cm³/mol. The number of carbonyl (C=O) groups is 2. The van der Waals surface area contributed by atoms with Crippen molar-refractivity contribution >= 4 is 22.0 Å². The van der Waals surface area contributed by atoms with E-state index in [-0.39, 0.29) is 52.2 Å². The first-order valence-corrected chi connectivity index (χ1v) is 18.3. The summed E-state index contributed by atoms with van der Waals surface area (Å²) in [5.41, 5.74) is 2.78. The summed E-state index contributed by atoms with van der Waals surface area (Å²) in [5, 5.41) is 5.70. The van der Waals surface area contributed by atoms with Gasteiger partial charge in [0.25, 0.3) is 10.1 Å². The molecule has 4 aliphatic carbocycles. The molecule has 2 heterocycles. The smallest absolute Gasteiger partial charge is 0.358 e. The Morgan fingerprint density at radius 1 is 1.00 bits per heavy atom. The van der Waals surface area contributed by atoms with Crippen molar-refractivity contribution in [2.45, 2.75) is 104 Å². The van der Waals surface area contributed by atoms with Gasteiger partial charge in [-0.2, -0.15) is 8.42 Å². The zero-order valence-corrected chi connectivity index (χ0v) is 29.8. The van der Waals surface area contributed by atoms with E-state index in [1.807, 2.05) is 32.9 Å². The molecule has 0 radical (unpaired) electrons. The molecule has 2 aromatic heterocycles. The molecule has 2 atom stereocenters. The van der Waals surface area contributed by atoms with E-state index in [4.69, 9.17) is 14.0 Å². The second-order valence-corrected chi connectivity index (χ2v) is 17.8. The summed E-state index contributed by atoms with van der Waals surface area (Å²) in [6.45, 7) is 14.4. The summed E-state index contributed by atoms with van der Waals surface area (Å²) in [7, 11) is -2.42. The van der Waals surface area contributed by atoms with E-state index in [1.54, 1.807) is 13.1 Å². The lowest BCUT2D eigenvalue weighted by Crippen LogP contribution is -2.64. The molecule has 2 unspecified atom stereocenters. The van der Waals surface area contributed by atoms with E-state index in [0.717, 1.165) is 49.9 Å². The second-order valence-electron chi connectivity index (χ2n) is 16.2. The summed E-state index contributed by atoms with van der Waals surface area (Å²) in [4.78, 5) is 30.2. The van der Waals surface area contributed by atoms with Crippen LogP contribution in [-0.4, -0.2) is 78.1 Å². The van der Waals surface area contributed by atoms with Crippen molar-refractivity contribution in [2.24, 2.45) is 16.2 Å². The van der Waals surface area contributed by atoms with Crippen LogP contribution in [0.15, 0.2) is 24.4 Å². The van der Waals surface area contributed by atoms with Gasteiger partial charge in [-0.3, -0.25) is 9.35 Å². The molecule has 0 spiro atoms. The minimum absolute atomic E-state index is 0.0430. The number of hydrogen-bond donors (Lipinski definition) is 3. The van der Waals surface area contributed by atoms with E-state index in [2.05, 4.69) is 47.2 Å². The predicted octanol–water partition coefficient (Wildman–Crippen LogP) is 4.72. The number of carbonyl (C=O) groups excluding carboxylic acids is 2. The number of amides is 1. The highest BCUT2D eigenvalue weighted by Crippen LogP contribution is 2.72. The summed E-state index contributed by atoms with van der Waals surface area (Å²) in [6, 6.07) is 5.72. The number of hydrogen-bond acceptors (Lipinski definition) is 8. The first-order chi connectivity index (χ1) is 21.8. The Morgan fingerprint density at radius 2 is 1.68 bits per heavy atom. The Balaban J connectivity index is 1.39. The van der Waals surface area contributed by atoms with Crippen LogP contribution < -0.4 is 10.6 Å². The first kappa shape index (κ1) is 35.5. The van der Waals surface area contributed by atoms with Gasteiger partial charge in [-0.15, -0.1) is 0 Å². The molecular weight excluding hydrogens is 620 g/mol. The lowest BCUT2D eigenvalue weighted by Gasteiger charge is -2.69. The maximum absolute atomic E-state index is 13.4. The minimum atomic E-state index is -3.99. The zero-order valence-electron chi connectivity index (χ0n) is 29.0. The number of nitrogens with one attached hydrogen (secondary N) is 2. The van der Waals surface area contributed by atoms with Crippen LogP contribution in [-0.2, 0) is 37.4 Å². The number of aromatic nitrogens is 2. The molecule has 47 heavy (non-hydrogen) atoms. The number of likely N-dealkylation sites (N-methyl/N-ethyl adjacent to an activating group) is 1. The molecule has 0 aliphatic heterocycles. The molecule has 4 fully saturated rings. The van der Waals surface area contributed by atoms with Crippen molar-refractivity contribution in [3.63, 3.8) is 0 Å². The summed E-state index contributed by atoms with van der Waals surface area (Å²) < 4.78 is 45.9. The normalized spacial score (nSPS) is 28.4. The molecule has 0 aromatic carbocycles. The Morgan fingerprint density at radius 3 is 2.30 bits per heavy atom. The van der Waals surface area contributed by atoms with Gasteiger partial charge in [0.1, 0.15) is 5.60 Å². The zero-order chi connectivity index (χ0) is 34.5. The van der Waals surface area contributed by atoms with Crippen molar-refractivity contribution in [1.82, 2.24) is 20.2 Å². The van der Waals surface area contributed by atoms with Gasteiger partial charge in [0.05, 0.1) is 30.1 Å². The number of nitrogens with zero attached hydrogens (tertiary/aromatic N) is 2. The van der Waals surface area contributed by atoms with Crippen molar-refractivity contribution in [1.29, 1.82) is 0 Å². The summed E-state index contributed by atoms with van der Waals surface area (Å²) >= 11 is 0. The van der Waals surface area contributed by atoms with Crippen LogP contribution in [0.2, 0.25) is 0 Å². The molecule has 1 amide bonds. The van der Waals surface area contributed by atoms with Gasteiger partial charge in [0.15, 0.2) is 5.69 Å². The molecular formula is C35H52N4O7S. The van der Waals surface area contributed by atoms with E-state index in [9.17, 15) is 18.0 Å². The lowest BCUT2D eigenvalue weighted by atomic mass is 9.39. The van der Waals surface area contributed by atoms with Gasteiger partial charge in [0.2, 0.25) is 5.91 Å². The van der Waals surface area contributed by atoms with Crippen LogP contribution >= 0.6 is 0 Å². The standard InChI is InChI=1S/C35H52N4O7S/c1-24-26(27-9-8-25(16-28(40)36-7)38-29(27)30(41)46-31(2,3)4)10-13-39(24)23-34-18-32(5)17-33(6,19-34)21-35(20-32,22-34)45-14-11-37-12-15-47(42,43)44/h8-10,13,37H,11-12,14-23H2,1-7H3,(H,36,40)(H,42,43,44). The Kier molecular flexibility index (Phi) is 9.50. The van der Waals surface area contributed by atoms with Crippen LogP contribution in [0.25, 0.3) is 11.1 Å². The third-order valence-electron chi connectivity index (χ3n) is 10.1. The van der Waals surface area contributed by atoms with E-state index in [0.29, 0.717) is 24.4 Å². The molecule has 2 aromatic rings. The van der Waals surface area contributed by atoms with E-state index < -0.39 is 21.7 Å². The van der Waals surface area contributed by atoms with Gasteiger partial charge < -0.3 is 24.7 Å². The van der Waals surface area contributed by atoms with Crippen molar-refractivity contribution in [2.75, 3.05) is 32.5 Å². The van der Waals surface area contributed by atoms with Crippen LogP contribution in [0.3, 0.4) is 0 Å². The summed E-state index contributed by atoms with van der Waals surface area (Å²) in [6.07, 6.45) is 8.61. The van der Waals surface area contributed by atoms with E-state index in [1.165, 1.54) is 6.42 Å². The fraction of sp³-hybridized carbons (Fsp3) is 0.686. The monoisotopic (exact) mass is 672 g/mol. The quantitative estimate of drug-likeness (QED) is 0.156. The number of esters is 1. The molecule has 6 rings (SSSR count). The molecule has 11 nitrogen and oxygen atoms in total. The van der Waals surface area contributed by atoms with Gasteiger partial charge >= 0.3 is 5.97 Å². The third-order valence-corrected chi connectivity index (χ3v) is 10.8. The maximum atomic E-state index is 13.4.